The van der Waals surface area contributed by atoms with Crippen molar-refractivity contribution in [2.45, 2.75) is 40.0 Å². The molecule has 0 aromatic heterocycles. The van der Waals surface area contributed by atoms with Gasteiger partial charge in [0.1, 0.15) is 0 Å². The lowest BCUT2D eigenvalue weighted by molar-refractivity contribution is -0.0996. The minimum absolute atomic E-state index is 0.358. The highest BCUT2D eigenvalue weighted by Gasteiger charge is 2.31. The molecule has 0 aliphatic carbocycles. The van der Waals surface area contributed by atoms with Crippen molar-refractivity contribution in [3.63, 3.8) is 0 Å². The molecule has 0 aliphatic rings. The normalized spacial score (nSPS) is 14.1. The second-order valence-electron chi connectivity index (χ2n) is 4.65. The summed E-state index contributed by atoms with van der Waals surface area (Å²) in [5.74, 6) is 0. The van der Waals surface area contributed by atoms with Gasteiger partial charge in [0.2, 0.25) is 0 Å². The van der Waals surface area contributed by atoms with Crippen molar-refractivity contribution in [2.24, 2.45) is 5.41 Å². The molecular formula is C15H32O4. The van der Waals surface area contributed by atoms with Crippen molar-refractivity contribution < 1.29 is 23.1 Å². The smallest absolute Gasteiger partial charge is 0.0637 e. The Morgan fingerprint density at radius 3 is 1.47 bits per heavy atom. The van der Waals surface area contributed by atoms with Gasteiger partial charge in [0.25, 0.3) is 0 Å². The molecular weight excluding hydrogens is 244 g/mol. The van der Waals surface area contributed by atoms with Crippen LogP contribution in [0.5, 0.6) is 0 Å². The zero-order chi connectivity index (χ0) is 16.5. The third-order valence-electron chi connectivity index (χ3n) is 2.54. The van der Waals surface area contributed by atoms with Crippen LogP contribution in [0.1, 0.15) is 44.1 Å². The van der Waals surface area contributed by atoms with E-state index in [9.17, 15) is 0 Å². The summed E-state index contributed by atoms with van der Waals surface area (Å²) < 4.78 is 43.8. The van der Waals surface area contributed by atoms with Crippen molar-refractivity contribution >= 4 is 0 Å². The molecule has 0 radical (unpaired) electrons. The summed E-state index contributed by atoms with van der Waals surface area (Å²) in [6.07, 6.45) is 2.13. The highest BCUT2D eigenvalue weighted by molar-refractivity contribution is 4.79. The monoisotopic (exact) mass is 279 g/mol. The summed E-state index contributed by atoms with van der Waals surface area (Å²) in [7, 11) is 1.64. The Kier molecular flexibility index (Phi) is 9.34. The van der Waals surface area contributed by atoms with Gasteiger partial charge in [-0.05, 0) is 19.3 Å². The topological polar surface area (TPSA) is 36.9 Å². The minimum atomic E-state index is -0.374. The van der Waals surface area contributed by atoms with E-state index in [4.69, 9.17) is 23.1 Å². The molecule has 0 rings (SSSR count). The van der Waals surface area contributed by atoms with Gasteiger partial charge in [0.05, 0.1) is 31.8 Å². The van der Waals surface area contributed by atoms with E-state index in [-0.39, 0.29) is 5.41 Å². The van der Waals surface area contributed by atoms with Crippen LogP contribution in [0.3, 0.4) is 0 Å². The lowest BCUT2D eigenvalue weighted by atomic mass is 9.92. The van der Waals surface area contributed by atoms with Gasteiger partial charge < -0.3 is 18.9 Å². The Morgan fingerprint density at radius 2 is 1.16 bits per heavy atom. The SMILES string of the molecule is [2H]CCCOCC(COC)(COCCC[2H])COCCC[2H]. The first kappa shape index (κ1) is 13.8. The fourth-order valence-electron chi connectivity index (χ4n) is 1.73. The average molecular weight is 279 g/mol. The maximum atomic E-state index is 7.14. The van der Waals surface area contributed by atoms with Gasteiger partial charge in [0.15, 0.2) is 0 Å². The van der Waals surface area contributed by atoms with Crippen LogP contribution in [0.15, 0.2) is 0 Å². The third kappa shape index (κ3) is 9.38. The van der Waals surface area contributed by atoms with Crippen LogP contribution in [0.4, 0.5) is 0 Å². The number of ether oxygens (including phenoxy) is 4. The van der Waals surface area contributed by atoms with E-state index in [0.717, 1.165) is 0 Å². The van der Waals surface area contributed by atoms with Crippen LogP contribution in [0.2, 0.25) is 0 Å². The van der Waals surface area contributed by atoms with Crippen LogP contribution in [0, 0.1) is 5.41 Å². The molecule has 0 heterocycles. The molecule has 0 unspecified atom stereocenters. The maximum absolute atomic E-state index is 7.14. The predicted octanol–water partition coefficient (Wildman–Crippen LogP) is 2.90. The van der Waals surface area contributed by atoms with Gasteiger partial charge in [-0.15, -0.1) is 0 Å². The van der Waals surface area contributed by atoms with Gasteiger partial charge in [-0.1, -0.05) is 20.7 Å². The van der Waals surface area contributed by atoms with E-state index in [1.54, 1.807) is 7.11 Å². The zero-order valence-electron chi connectivity index (χ0n) is 15.3. The highest BCUT2D eigenvalue weighted by atomic mass is 16.5. The van der Waals surface area contributed by atoms with E-state index < -0.39 is 0 Å². The van der Waals surface area contributed by atoms with Gasteiger partial charge in [-0.2, -0.15) is 0 Å². The fraction of sp³-hybridized carbons (Fsp3) is 1.00. The summed E-state index contributed by atoms with van der Waals surface area (Å²) in [6.45, 7) is 4.58. The van der Waals surface area contributed by atoms with Crippen molar-refractivity contribution in [1.82, 2.24) is 0 Å². The molecule has 0 aromatic carbocycles. The van der Waals surface area contributed by atoms with Crippen LogP contribution in [-0.2, 0) is 18.9 Å². The second kappa shape index (κ2) is 12.9. The maximum Gasteiger partial charge on any atom is 0.0637 e. The zero-order valence-corrected chi connectivity index (χ0v) is 12.3. The molecule has 0 spiro atoms. The largest absolute Gasteiger partial charge is 0.384 e. The Balaban J connectivity index is 4.39. The predicted molar refractivity (Wildman–Crippen MR) is 77.6 cm³/mol. The Labute approximate surface area is 123 Å². The minimum Gasteiger partial charge on any atom is -0.384 e. The Morgan fingerprint density at radius 1 is 0.737 bits per heavy atom. The molecule has 0 aromatic rings. The summed E-state index contributed by atoms with van der Waals surface area (Å²) in [6, 6.07) is 0. The van der Waals surface area contributed by atoms with Gasteiger partial charge in [0, 0.05) is 31.0 Å². The molecule has 0 N–H and O–H groups in total. The number of rotatable bonds is 14. The van der Waals surface area contributed by atoms with Gasteiger partial charge in [-0.25, -0.2) is 0 Å². The molecule has 0 fully saturated rings. The first-order valence-corrected chi connectivity index (χ1v) is 6.84. The molecule has 19 heavy (non-hydrogen) atoms. The standard InChI is InChI=1S/C15H32O4/c1-5-8-17-12-15(11-16-4,13-18-9-6-2)14-19-10-7-3/h5-14H2,1-4H3/i1D,2D,3D. The van der Waals surface area contributed by atoms with Crippen molar-refractivity contribution in [2.75, 3.05) is 53.4 Å². The first-order chi connectivity index (χ1) is 10.7. The van der Waals surface area contributed by atoms with Gasteiger partial charge >= 0.3 is 0 Å². The third-order valence-corrected chi connectivity index (χ3v) is 2.54. The van der Waals surface area contributed by atoms with E-state index >= 15 is 0 Å². The van der Waals surface area contributed by atoms with Gasteiger partial charge in [-0.3, -0.25) is 0 Å². The number of hydrogen-bond donors (Lipinski definition) is 0. The molecule has 0 aliphatic heterocycles. The second-order valence-corrected chi connectivity index (χ2v) is 4.65. The number of methoxy groups -OCH3 is 1. The molecule has 0 saturated heterocycles. The van der Waals surface area contributed by atoms with E-state index in [2.05, 4.69) is 0 Å². The molecule has 0 saturated carbocycles. The van der Waals surface area contributed by atoms with Crippen LogP contribution in [-0.4, -0.2) is 53.4 Å². The molecule has 4 heteroatoms. The Bertz CT molecular complexity index is 202. The van der Waals surface area contributed by atoms with Crippen LogP contribution < -0.4 is 0 Å². The molecule has 0 bridgehead atoms. The first-order valence-electron chi connectivity index (χ1n) is 8.96. The lowest BCUT2D eigenvalue weighted by Gasteiger charge is -2.32. The lowest BCUT2D eigenvalue weighted by Crippen LogP contribution is -2.41. The van der Waals surface area contributed by atoms with E-state index in [1.807, 2.05) is 0 Å². The molecule has 0 atom stereocenters. The average Bonchev–Trinajstić information content (AvgIpc) is 2.53. The van der Waals surface area contributed by atoms with Crippen LogP contribution in [0.25, 0.3) is 0 Å². The Hall–Kier alpha value is -0.160. The summed E-state index contributed by atoms with van der Waals surface area (Å²) in [5.41, 5.74) is -0.374. The van der Waals surface area contributed by atoms with Crippen molar-refractivity contribution in [3.8, 4) is 0 Å². The van der Waals surface area contributed by atoms with Crippen molar-refractivity contribution in [1.29, 1.82) is 0 Å². The van der Waals surface area contributed by atoms with E-state index in [1.165, 1.54) is 0 Å². The molecule has 0 amide bonds. The highest BCUT2D eigenvalue weighted by Crippen LogP contribution is 2.20. The number of hydrogen-bond acceptors (Lipinski definition) is 4. The van der Waals surface area contributed by atoms with Crippen LogP contribution >= 0.6 is 0 Å². The fourth-order valence-corrected chi connectivity index (χ4v) is 1.73. The summed E-state index contributed by atoms with van der Waals surface area (Å²) >= 11 is 0. The quantitative estimate of drug-likeness (QED) is 0.458. The molecule has 4 nitrogen and oxygen atoms in total. The van der Waals surface area contributed by atoms with E-state index in [0.29, 0.717) is 86.2 Å². The van der Waals surface area contributed by atoms with Crippen molar-refractivity contribution in [3.05, 3.63) is 0 Å². The summed E-state index contributed by atoms with van der Waals surface area (Å²) in [5, 5.41) is 0. The summed E-state index contributed by atoms with van der Waals surface area (Å²) in [4.78, 5) is 0. The molecule has 116 valence electrons.